The Labute approximate surface area is 140 Å². The summed E-state index contributed by atoms with van der Waals surface area (Å²) < 4.78 is 45.1. The van der Waals surface area contributed by atoms with Crippen LogP contribution in [0.25, 0.3) is 0 Å². The molecular formula is C17H13F3N2O3. The zero-order chi connectivity index (χ0) is 18.1. The second-order valence-corrected chi connectivity index (χ2v) is 5.57. The first kappa shape index (κ1) is 16.8. The maximum absolute atomic E-state index is 13.6. The Bertz CT molecular complexity index is 870. The molecule has 0 bridgehead atoms. The van der Waals surface area contributed by atoms with Gasteiger partial charge in [-0.05, 0) is 35.9 Å². The van der Waals surface area contributed by atoms with Crippen LogP contribution in [0.1, 0.15) is 21.5 Å². The van der Waals surface area contributed by atoms with Crippen molar-refractivity contribution in [2.24, 2.45) is 5.73 Å². The van der Waals surface area contributed by atoms with Crippen molar-refractivity contribution >= 4 is 11.8 Å². The van der Waals surface area contributed by atoms with Crippen molar-refractivity contribution in [1.29, 1.82) is 0 Å². The molecule has 1 aliphatic heterocycles. The Morgan fingerprint density at radius 2 is 1.92 bits per heavy atom. The van der Waals surface area contributed by atoms with Gasteiger partial charge in [-0.25, -0.2) is 13.2 Å². The van der Waals surface area contributed by atoms with Crippen molar-refractivity contribution < 1.29 is 27.5 Å². The summed E-state index contributed by atoms with van der Waals surface area (Å²) in [6.45, 7) is -0.293. The largest absolute Gasteiger partial charge is 0.489 e. The number of hydrogen-bond donors (Lipinski definition) is 1. The molecule has 1 aliphatic rings. The number of hydrogen-bond acceptors (Lipinski definition) is 3. The van der Waals surface area contributed by atoms with E-state index in [9.17, 15) is 22.8 Å². The van der Waals surface area contributed by atoms with Crippen LogP contribution in [0.2, 0.25) is 0 Å². The molecular weight excluding hydrogens is 337 g/mol. The van der Waals surface area contributed by atoms with Gasteiger partial charge in [0.25, 0.3) is 5.91 Å². The van der Waals surface area contributed by atoms with Crippen molar-refractivity contribution in [2.45, 2.75) is 13.2 Å². The minimum Gasteiger partial charge on any atom is -0.489 e. The third kappa shape index (κ3) is 3.28. The van der Waals surface area contributed by atoms with Gasteiger partial charge >= 0.3 is 0 Å². The lowest BCUT2D eigenvalue weighted by Gasteiger charge is -2.12. The van der Waals surface area contributed by atoms with E-state index in [1.165, 1.54) is 17.0 Å². The molecule has 8 heteroatoms. The topological polar surface area (TPSA) is 72.6 Å². The normalized spacial score (nSPS) is 13.1. The molecule has 0 atom stereocenters. The van der Waals surface area contributed by atoms with E-state index >= 15 is 0 Å². The molecule has 0 aliphatic carbocycles. The zero-order valence-corrected chi connectivity index (χ0v) is 12.9. The Balaban J connectivity index is 1.74. The van der Waals surface area contributed by atoms with Crippen molar-refractivity contribution in [3.63, 3.8) is 0 Å². The van der Waals surface area contributed by atoms with Gasteiger partial charge < -0.3 is 15.4 Å². The fraction of sp³-hybridized carbons (Fsp3) is 0.176. The molecule has 0 unspecified atom stereocenters. The number of halogens is 3. The fourth-order valence-corrected chi connectivity index (χ4v) is 2.60. The molecule has 5 nitrogen and oxygen atoms in total. The molecule has 2 N–H and O–H groups in total. The van der Waals surface area contributed by atoms with Crippen LogP contribution in [0.4, 0.5) is 13.2 Å². The minimum atomic E-state index is -1.55. The summed E-state index contributed by atoms with van der Waals surface area (Å²) in [7, 11) is 0. The summed E-state index contributed by atoms with van der Waals surface area (Å²) in [6, 6.07) is 6.52. The summed E-state index contributed by atoms with van der Waals surface area (Å²) in [6.07, 6.45) is 0. The summed E-state index contributed by atoms with van der Waals surface area (Å²) in [5, 5.41) is 0. The number of carbonyl (C=O) groups is 2. The number of amides is 2. The van der Waals surface area contributed by atoms with Gasteiger partial charge in [-0.3, -0.25) is 9.59 Å². The van der Waals surface area contributed by atoms with Gasteiger partial charge in [0.1, 0.15) is 12.4 Å². The van der Waals surface area contributed by atoms with Crippen molar-refractivity contribution in [2.75, 3.05) is 6.54 Å². The molecule has 0 saturated carbocycles. The van der Waals surface area contributed by atoms with E-state index in [-0.39, 0.29) is 31.2 Å². The van der Waals surface area contributed by atoms with Crippen molar-refractivity contribution in [1.82, 2.24) is 4.90 Å². The van der Waals surface area contributed by atoms with Gasteiger partial charge in [0.05, 0.1) is 6.54 Å². The quantitative estimate of drug-likeness (QED) is 0.840. The second-order valence-electron chi connectivity index (χ2n) is 5.57. The van der Waals surface area contributed by atoms with Crippen LogP contribution in [-0.4, -0.2) is 23.3 Å². The number of ether oxygens (including phenoxy) is 1. The van der Waals surface area contributed by atoms with Crippen LogP contribution < -0.4 is 10.5 Å². The maximum Gasteiger partial charge on any atom is 0.254 e. The average molecular weight is 350 g/mol. The Morgan fingerprint density at radius 3 is 2.64 bits per heavy atom. The number of carbonyl (C=O) groups excluding carboxylic acids is 2. The first-order chi connectivity index (χ1) is 11.9. The predicted molar refractivity (Wildman–Crippen MR) is 81.0 cm³/mol. The summed E-state index contributed by atoms with van der Waals surface area (Å²) >= 11 is 0. The maximum atomic E-state index is 13.6. The highest BCUT2D eigenvalue weighted by Gasteiger charge is 2.28. The highest BCUT2D eigenvalue weighted by Crippen LogP contribution is 2.27. The van der Waals surface area contributed by atoms with E-state index in [2.05, 4.69) is 0 Å². The van der Waals surface area contributed by atoms with Crippen LogP contribution in [0.3, 0.4) is 0 Å². The van der Waals surface area contributed by atoms with Crippen LogP contribution in [0.15, 0.2) is 30.3 Å². The highest BCUT2D eigenvalue weighted by atomic mass is 19.2. The van der Waals surface area contributed by atoms with Gasteiger partial charge in [-0.2, -0.15) is 0 Å². The Morgan fingerprint density at radius 1 is 1.16 bits per heavy atom. The summed E-state index contributed by atoms with van der Waals surface area (Å²) in [5.41, 5.74) is 6.02. The van der Waals surface area contributed by atoms with Gasteiger partial charge in [0, 0.05) is 17.7 Å². The molecule has 3 rings (SSSR count). The molecule has 0 fully saturated rings. The number of rotatable bonds is 5. The third-order valence-electron chi connectivity index (χ3n) is 3.81. The molecule has 0 radical (unpaired) electrons. The summed E-state index contributed by atoms with van der Waals surface area (Å²) in [5.74, 6) is -4.73. The molecule has 0 aromatic heterocycles. The zero-order valence-electron chi connectivity index (χ0n) is 12.9. The van der Waals surface area contributed by atoms with Crippen molar-refractivity contribution in [3.8, 4) is 5.75 Å². The van der Waals surface area contributed by atoms with E-state index in [0.717, 1.165) is 12.1 Å². The van der Waals surface area contributed by atoms with Gasteiger partial charge in [-0.1, -0.05) is 0 Å². The molecule has 0 saturated heterocycles. The number of nitrogens with two attached hydrogens (primary N) is 1. The van der Waals surface area contributed by atoms with Crippen LogP contribution in [0.5, 0.6) is 5.75 Å². The lowest BCUT2D eigenvalue weighted by Crippen LogP contribution is -2.33. The molecule has 2 aromatic carbocycles. The molecule has 130 valence electrons. The molecule has 1 heterocycles. The lowest BCUT2D eigenvalue weighted by molar-refractivity contribution is -0.118. The van der Waals surface area contributed by atoms with Crippen LogP contribution >= 0.6 is 0 Å². The number of fused-ring (bicyclic) bond motifs is 1. The third-order valence-corrected chi connectivity index (χ3v) is 3.81. The SMILES string of the molecule is NC(=O)CN1Cc2cc(OCc3ccc(F)c(F)c3F)ccc2C1=O. The predicted octanol–water partition coefficient (Wildman–Crippen LogP) is 2.12. The standard InChI is InChI=1S/C17H13F3N2O3/c18-13-4-1-9(15(19)16(13)20)8-25-11-2-3-12-10(5-11)6-22(17(12)24)7-14(21)23/h1-5H,6-8H2,(H2,21,23). The van der Waals surface area contributed by atoms with Crippen LogP contribution in [0, 0.1) is 17.5 Å². The van der Waals surface area contributed by atoms with E-state index in [4.69, 9.17) is 10.5 Å². The number of primary amides is 1. The highest BCUT2D eigenvalue weighted by molar-refractivity contribution is 6.00. The molecule has 0 spiro atoms. The van der Waals surface area contributed by atoms with E-state index in [1.807, 2.05) is 0 Å². The monoisotopic (exact) mass is 350 g/mol. The van der Waals surface area contributed by atoms with Crippen molar-refractivity contribution in [3.05, 3.63) is 64.5 Å². The average Bonchev–Trinajstić information content (AvgIpc) is 2.87. The van der Waals surface area contributed by atoms with Gasteiger partial charge in [0.2, 0.25) is 5.91 Å². The molecule has 2 aromatic rings. The number of nitrogens with zero attached hydrogens (tertiary/aromatic N) is 1. The number of benzene rings is 2. The first-order valence-electron chi connectivity index (χ1n) is 7.32. The molecule has 2 amide bonds. The van der Waals surface area contributed by atoms with E-state index in [1.54, 1.807) is 6.07 Å². The van der Waals surface area contributed by atoms with E-state index < -0.39 is 23.4 Å². The van der Waals surface area contributed by atoms with Crippen LogP contribution in [-0.2, 0) is 17.9 Å². The van der Waals surface area contributed by atoms with Gasteiger partial charge in [0.15, 0.2) is 17.5 Å². The second kappa shape index (κ2) is 6.46. The fourth-order valence-electron chi connectivity index (χ4n) is 2.60. The smallest absolute Gasteiger partial charge is 0.254 e. The van der Waals surface area contributed by atoms with E-state index in [0.29, 0.717) is 16.9 Å². The lowest BCUT2D eigenvalue weighted by atomic mass is 10.1. The minimum absolute atomic E-state index is 0.133. The Hall–Kier alpha value is -3.03. The van der Waals surface area contributed by atoms with Gasteiger partial charge in [-0.15, -0.1) is 0 Å². The summed E-state index contributed by atoms with van der Waals surface area (Å²) in [4.78, 5) is 24.4. The Kier molecular flexibility index (Phi) is 4.35. The molecule has 25 heavy (non-hydrogen) atoms. The first-order valence-corrected chi connectivity index (χ1v) is 7.32.